The van der Waals surface area contributed by atoms with Crippen molar-refractivity contribution in [3.63, 3.8) is 0 Å². The van der Waals surface area contributed by atoms with Crippen molar-refractivity contribution in [2.45, 2.75) is 71.6 Å². The largest absolute Gasteiger partial charge is 0.316 e. The van der Waals surface area contributed by atoms with Gasteiger partial charge in [-0.15, -0.1) is 0 Å². The standard InChI is InChI=1S/C17H36N2/c1-3-5-6-7-8-9-13-19-14-10-17(11-15-19)16-18-12-4-2/h17-18H,3-16H2,1-2H3. The van der Waals surface area contributed by atoms with Crippen LogP contribution in [0.1, 0.15) is 71.6 Å². The highest BCUT2D eigenvalue weighted by Crippen LogP contribution is 2.17. The van der Waals surface area contributed by atoms with E-state index in [9.17, 15) is 0 Å². The fraction of sp³-hybridized carbons (Fsp3) is 1.00. The van der Waals surface area contributed by atoms with Crippen LogP contribution in [0.2, 0.25) is 0 Å². The van der Waals surface area contributed by atoms with Crippen LogP contribution >= 0.6 is 0 Å². The lowest BCUT2D eigenvalue weighted by Gasteiger charge is -2.32. The van der Waals surface area contributed by atoms with E-state index in [0.717, 1.165) is 5.92 Å². The lowest BCUT2D eigenvalue weighted by Crippen LogP contribution is -2.37. The van der Waals surface area contributed by atoms with Gasteiger partial charge in [-0.05, 0) is 64.3 Å². The normalized spacial score (nSPS) is 18.0. The van der Waals surface area contributed by atoms with Crippen molar-refractivity contribution in [2.75, 3.05) is 32.7 Å². The lowest BCUT2D eigenvalue weighted by molar-refractivity contribution is 0.179. The van der Waals surface area contributed by atoms with Crippen LogP contribution in [0.25, 0.3) is 0 Å². The molecular formula is C17H36N2. The summed E-state index contributed by atoms with van der Waals surface area (Å²) in [6.45, 7) is 11.0. The number of likely N-dealkylation sites (tertiary alicyclic amines) is 1. The van der Waals surface area contributed by atoms with Gasteiger partial charge in [0.2, 0.25) is 0 Å². The van der Waals surface area contributed by atoms with E-state index in [1.165, 1.54) is 90.5 Å². The van der Waals surface area contributed by atoms with Gasteiger partial charge in [0.15, 0.2) is 0 Å². The maximum Gasteiger partial charge on any atom is -0.00156 e. The molecule has 0 aliphatic carbocycles. The summed E-state index contributed by atoms with van der Waals surface area (Å²) in [6, 6.07) is 0. The van der Waals surface area contributed by atoms with E-state index in [-0.39, 0.29) is 0 Å². The summed E-state index contributed by atoms with van der Waals surface area (Å²) in [5.41, 5.74) is 0. The molecule has 0 aromatic rings. The van der Waals surface area contributed by atoms with E-state index in [1.54, 1.807) is 0 Å². The van der Waals surface area contributed by atoms with Crippen molar-refractivity contribution in [3.8, 4) is 0 Å². The highest BCUT2D eigenvalue weighted by atomic mass is 15.1. The molecule has 1 saturated heterocycles. The maximum absolute atomic E-state index is 3.57. The number of hydrogen-bond acceptors (Lipinski definition) is 2. The molecule has 1 N–H and O–H groups in total. The van der Waals surface area contributed by atoms with Crippen molar-refractivity contribution in [1.29, 1.82) is 0 Å². The van der Waals surface area contributed by atoms with Crippen molar-refractivity contribution >= 4 is 0 Å². The first kappa shape index (κ1) is 17.0. The Hall–Kier alpha value is -0.0800. The summed E-state index contributed by atoms with van der Waals surface area (Å²) in [7, 11) is 0. The van der Waals surface area contributed by atoms with Crippen LogP contribution in [-0.2, 0) is 0 Å². The summed E-state index contributed by atoms with van der Waals surface area (Å²) in [5, 5.41) is 3.57. The van der Waals surface area contributed by atoms with E-state index in [0.29, 0.717) is 0 Å². The molecule has 0 bridgehead atoms. The van der Waals surface area contributed by atoms with Gasteiger partial charge >= 0.3 is 0 Å². The van der Waals surface area contributed by atoms with Crippen molar-refractivity contribution in [3.05, 3.63) is 0 Å². The second-order valence-electron chi connectivity index (χ2n) is 6.26. The summed E-state index contributed by atoms with van der Waals surface area (Å²) < 4.78 is 0. The third-order valence-corrected chi connectivity index (χ3v) is 4.39. The van der Waals surface area contributed by atoms with Crippen LogP contribution in [0.4, 0.5) is 0 Å². The minimum Gasteiger partial charge on any atom is -0.316 e. The van der Waals surface area contributed by atoms with Crippen LogP contribution in [0.5, 0.6) is 0 Å². The molecule has 19 heavy (non-hydrogen) atoms. The predicted molar refractivity (Wildman–Crippen MR) is 85.7 cm³/mol. The van der Waals surface area contributed by atoms with Gasteiger partial charge in [0.25, 0.3) is 0 Å². The molecule has 0 unspecified atom stereocenters. The molecule has 0 aromatic heterocycles. The lowest BCUT2D eigenvalue weighted by atomic mass is 9.96. The Morgan fingerprint density at radius 1 is 0.895 bits per heavy atom. The molecule has 0 radical (unpaired) electrons. The van der Waals surface area contributed by atoms with E-state index < -0.39 is 0 Å². The van der Waals surface area contributed by atoms with Crippen molar-refractivity contribution in [1.82, 2.24) is 10.2 Å². The average Bonchev–Trinajstić information content (AvgIpc) is 2.44. The Morgan fingerprint density at radius 2 is 1.58 bits per heavy atom. The Bertz CT molecular complexity index is 183. The molecule has 1 heterocycles. The molecule has 0 amide bonds. The Labute approximate surface area is 121 Å². The Balaban J connectivity index is 1.92. The molecule has 1 aliphatic rings. The van der Waals surface area contributed by atoms with Crippen LogP contribution in [0, 0.1) is 5.92 Å². The summed E-state index contributed by atoms with van der Waals surface area (Å²) in [4.78, 5) is 2.69. The zero-order valence-corrected chi connectivity index (χ0v) is 13.4. The van der Waals surface area contributed by atoms with Gasteiger partial charge in [-0.3, -0.25) is 0 Å². The molecule has 1 rings (SSSR count). The van der Waals surface area contributed by atoms with Gasteiger partial charge < -0.3 is 10.2 Å². The minimum atomic E-state index is 0.937. The summed E-state index contributed by atoms with van der Waals surface area (Å²) in [5.74, 6) is 0.937. The topological polar surface area (TPSA) is 15.3 Å². The van der Waals surface area contributed by atoms with Crippen LogP contribution in [0.15, 0.2) is 0 Å². The average molecular weight is 268 g/mol. The van der Waals surface area contributed by atoms with Gasteiger partial charge in [-0.1, -0.05) is 46.0 Å². The predicted octanol–water partition coefficient (Wildman–Crippen LogP) is 4.06. The number of hydrogen-bond donors (Lipinski definition) is 1. The molecule has 1 fully saturated rings. The second kappa shape index (κ2) is 11.7. The number of unbranched alkanes of at least 4 members (excludes halogenated alkanes) is 5. The molecule has 114 valence electrons. The van der Waals surface area contributed by atoms with Crippen LogP contribution in [-0.4, -0.2) is 37.6 Å². The van der Waals surface area contributed by atoms with Crippen molar-refractivity contribution in [2.24, 2.45) is 5.92 Å². The van der Waals surface area contributed by atoms with E-state index in [1.807, 2.05) is 0 Å². The molecule has 0 aromatic carbocycles. The summed E-state index contributed by atoms with van der Waals surface area (Å²) in [6.07, 6.45) is 12.6. The minimum absolute atomic E-state index is 0.937. The van der Waals surface area contributed by atoms with Gasteiger partial charge in [-0.25, -0.2) is 0 Å². The smallest absolute Gasteiger partial charge is 0.00156 e. The second-order valence-corrected chi connectivity index (χ2v) is 6.26. The summed E-state index contributed by atoms with van der Waals surface area (Å²) >= 11 is 0. The Morgan fingerprint density at radius 3 is 2.26 bits per heavy atom. The van der Waals surface area contributed by atoms with Crippen LogP contribution < -0.4 is 5.32 Å². The molecule has 2 heteroatoms. The molecular weight excluding hydrogens is 232 g/mol. The third-order valence-electron chi connectivity index (χ3n) is 4.39. The number of piperidine rings is 1. The van der Waals surface area contributed by atoms with Gasteiger partial charge in [0, 0.05) is 0 Å². The van der Waals surface area contributed by atoms with Gasteiger partial charge in [-0.2, -0.15) is 0 Å². The zero-order chi connectivity index (χ0) is 13.8. The fourth-order valence-electron chi connectivity index (χ4n) is 3.01. The first-order valence-corrected chi connectivity index (χ1v) is 8.79. The third kappa shape index (κ3) is 8.65. The van der Waals surface area contributed by atoms with E-state index >= 15 is 0 Å². The highest BCUT2D eigenvalue weighted by Gasteiger charge is 2.17. The molecule has 1 aliphatic heterocycles. The quantitative estimate of drug-likeness (QED) is 0.569. The fourth-order valence-corrected chi connectivity index (χ4v) is 3.01. The number of rotatable bonds is 11. The number of nitrogens with zero attached hydrogens (tertiary/aromatic N) is 1. The first-order chi connectivity index (χ1) is 9.36. The monoisotopic (exact) mass is 268 g/mol. The van der Waals surface area contributed by atoms with Gasteiger partial charge in [0.05, 0.1) is 0 Å². The first-order valence-electron chi connectivity index (χ1n) is 8.79. The van der Waals surface area contributed by atoms with E-state index in [2.05, 4.69) is 24.1 Å². The highest BCUT2D eigenvalue weighted by molar-refractivity contribution is 4.73. The molecule has 0 spiro atoms. The Kier molecular flexibility index (Phi) is 10.5. The molecule has 2 nitrogen and oxygen atoms in total. The van der Waals surface area contributed by atoms with Crippen molar-refractivity contribution < 1.29 is 0 Å². The molecule has 0 saturated carbocycles. The SMILES string of the molecule is CCCCCCCCN1CCC(CNCCC)CC1. The zero-order valence-electron chi connectivity index (χ0n) is 13.4. The van der Waals surface area contributed by atoms with Gasteiger partial charge in [0.1, 0.15) is 0 Å². The van der Waals surface area contributed by atoms with Crippen LogP contribution in [0.3, 0.4) is 0 Å². The van der Waals surface area contributed by atoms with E-state index in [4.69, 9.17) is 0 Å². The number of nitrogens with one attached hydrogen (secondary N) is 1. The maximum atomic E-state index is 3.57. The molecule has 0 atom stereocenters.